The van der Waals surface area contributed by atoms with Crippen LogP contribution < -0.4 is 0 Å². The maximum atomic E-state index is 7.61. The third kappa shape index (κ3) is 1.92. The lowest BCUT2D eigenvalue weighted by Crippen LogP contribution is -2.48. The molecule has 0 aromatic rings. The van der Waals surface area contributed by atoms with Gasteiger partial charge in [-0.2, -0.15) is 0 Å². The SMILES string of the molecule is [C-]#[N+][C@@]1(C=C)C[C@H]2O[C@@]2(C)CC1[C@H]1COC(C)(C)O1. The van der Waals surface area contributed by atoms with Crippen molar-refractivity contribution in [3.63, 3.8) is 0 Å². The quantitative estimate of drug-likeness (QED) is 0.436. The third-order valence-corrected chi connectivity index (χ3v) is 4.86. The van der Waals surface area contributed by atoms with Gasteiger partial charge in [-0.05, 0) is 33.3 Å². The van der Waals surface area contributed by atoms with Crippen molar-refractivity contribution in [3.8, 4) is 0 Å². The normalized spacial score (nSPS) is 51.2. The molecule has 19 heavy (non-hydrogen) atoms. The molecule has 4 nitrogen and oxygen atoms in total. The summed E-state index contributed by atoms with van der Waals surface area (Å²) in [4.78, 5) is 3.90. The maximum Gasteiger partial charge on any atom is 0.258 e. The van der Waals surface area contributed by atoms with Gasteiger partial charge in [0.05, 0.1) is 36.8 Å². The summed E-state index contributed by atoms with van der Waals surface area (Å²) >= 11 is 0. The van der Waals surface area contributed by atoms with Gasteiger partial charge in [-0.1, -0.05) is 6.58 Å². The molecule has 0 aromatic heterocycles. The smallest absolute Gasteiger partial charge is 0.258 e. The van der Waals surface area contributed by atoms with Crippen LogP contribution in [0.15, 0.2) is 12.7 Å². The van der Waals surface area contributed by atoms with Gasteiger partial charge in [0.1, 0.15) is 0 Å². The van der Waals surface area contributed by atoms with Crippen LogP contribution in [-0.4, -0.2) is 35.7 Å². The van der Waals surface area contributed by atoms with E-state index in [-0.39, 0.29) is 23.7 Å². The van der Waals surface area contributed by atoms with Gasteiger partial charge < -0.3 is 19.1 Å². The Bertz CT molecular complexity index is 455. The Morgan fingerprint density at radius 2 is 2.00 bits per heavy atom. The Morgan fingerprint density at radius 1 is 1.26 bits per heavy atom. The predicted octanol–water partition coefficient (Wildman–Crippen LogP) is 2.55. The van der Waals surface area contributed by atoms with E-state index in [1.54, 1.807) is 6.08 Å². The maximum absolute atomic E-state index is 7.61. The molecule has 0 amide bonds. The monoisotopic (exact) mass is 263 g/mol. The highest BCUT2D eigenvalue weighted by Crippen LogP contribution is 2.56. The Balaban J connectivity index is 1.88. The van der Waals surface area contributed by atoms with Crippen molar-refractivity contribution in [3.05, 3.63) is 24.1 Å². The molecule has 0 radical (unpaired) electrons. The molecule has 2 heterocycles. The summed E-state index contributed by atoms with van der Waals surface area (Å²) in [5, 5.41) is 0. The molecule has 3 fully saturated rings. The molecular formula is C15H21NO3. The summed E-state index contributed by atoms with van der Waals surface area (Å²) in [6, 6.07) is 0. The fraction of sp³-hybridized carbons (Fsp3) is 0.800. The number of hydrogen-bond acceptors (Lipinski definition) is 3. The fourth-order valence-corrected chi connectivity index (χ4v) is 3.57. The van der Waals surface area contributed by atoms with Gasteiger partial charge in [0, 0.05) is 0 Å². The summed E-state index contributed by atoms with van der Waals surface area (Å²) in [5.41, 5.74) is -0.646. The van der Waals surface area contributed by atoms with E-state index < -0.39 is 11.3 Å². The Labute approximate surface area is 114 Å². The van der Waals surface area contributed by atoms with Crippen molar-refractivity contribution in [2.45, 2.75) is 62.7 Å². The van der Waals surface area contributed by atoms with Crippen LogP contribution in [0, 0.1) is 12.5 Å². The number of fused-ring (bicyclic) bond motifs is 1. The lowest BCUT2D eigenvalue weighted by Gasteiger charge is -2.35. The minimum Gasteiger partial charge on any atom is -0.366 e. The second-order valence-corrected chi connectivity index (χ2v) is 6.61. The van der Waals surface area contributed by atoms with Gasteiger partial charge in [-0.25, -0.2) is 6.57 Å². The first-order valence-electron chi connectivity index (χ1n) is 6.86. The van der Waals surface area contributed by atoms with Crippen molar-refractivity contribution in [1.82, 2.24) is 0 Å². The highest BCUT2D eigenvalue weighted by atomic mass is 16.7. The molecule has 104 valence electrons. The average Bonchev–Trinajstić information content (AvgIpc) is 2.88. The summed E-state index contributed by atoms with van der Waals surface area (Å²) in [6.07, 6.45) is 3.51. The van der Waals surface area contributed by atoms with Crippen molar-refractivity contribution >= 4 is 0 Å². The Morgan fingerprint density at radius 3 is 2.53 bits per heavy atom. The molecule has 3 aliphatic rings. The summed E-state index contributed by atoms with van der Waals surface area (Å²) in [5.74, 6) is -0.463. The Kier molecular flexibility index (Phi) is 2.63. The van der Waals surface area contributed by atoms with Crippen molar-refractivity contribution < 1.29 is 14.2 Å². The van der Waals surface area contributed by atoms with Crippen LogP contribution in [0.1, 0.15) is 33.6 Å². The van der Waals surface area contributed by atoms with E-state index in [0.29, 0.717) is 6.61 Å². The van der Waals surface area contributed by atoms with Crippen LogP contribution >= 0.6 is 0 Å². The minimum atomic E-state index is -0.574. The fourth-order valence-electron chi connectivity index (χ4n) is 3.57. The van der Waals surface area contributed by atoms with E-state index >= 15 is 0 Å². The van der Waals surface area contributed by atoms with Gasteiger partial charge in [0.2, 0.25) is 0 Å². The van der Waals surface area contributed by atoms with E-state index in [9.17, 15) is 0 Å². The molecule has 1 saturated carbocycles. The molecule has 1 unspecified atom stereocenters. The molecule has 2 aliphatic heterocycles. The second-order valence-electron chi connectivity index (χ2n) is 6.61. The standard InChI is InChI=1S/C15H21NO3/c1-6-15(16-5)8-12-14(4,19-12)7-10(15)11-9-17-13(2,3)18-11/h6,10-12H,1,7-9H2,2-4H3/t10?,11-,12-,14+,15+/m1/s1. The largest absolute Gasteiger partial charge is 0.366 e. The lowest BCUT2D eigenvalue weighted by molar-refractivity contribution is -0.147. The van der Waals surface area contributed by atoms with Crippen LogP contribution in [0.25, 0.3) is 4.85 Å². The van der Waals surface area contributed by atoms with E-state index in [1.165, 1.54) is 0 Å². The van der Waals surface area contributed by atoms with Crippen molar-refractivity contribution in [2.24, 2.45) is 5.92 Å². The molecular weight excluding hydrogens is 242 g/mol. The van der Waals surface area contributed by atoms with Crippen LogP contribution in [-0.2, 0) is 14.2 Å². The number of rotatable bonds is 2. The first-order valence-corrected chi connectivity index (χ1v) is 6.86. The minimum absolute atomic E-state index is 0.0518. The molecule has 0 bridgehead atoms. The van der Waals surface area contributed by atoms with E-state index in [0.717, 1.165) is 12.8 Å². The summed E-state index contributed by atoms with van der Waals surface area (Å²) in [7, 11) is 0. The number of hydrogen-bond donors (Lipinski definition) is 0. The van der Waals surface area contributed by atoms with Crippen molar-refractivity contribution in [2.75, 3.05) is 6.61 Å². The molecule has 0 N–H and O–H groups in total. The lowest BCUT2D eigenvalue weighted by atomic mass is 9.67. The van der Waals surface area contributed by atoms with Gasteiger partial charge in [-0.3, -0.25) is 0 Å². The van der Waals surface area contributed by atoms with Crippen LogP contribution in [0.2, 0.25) is 0 Å². The number of ether oxygens (including phenoxy) is 3. The molecule has 0 aromatic carbocycles. The van der Waals surface area contributed by atoms with Gasteiger partial charge in [0.25, 0.3) is 5.54 Å². The van der Waals surface area contributed by atoms with Crippen molar-refractivity contribution in [1.29, 1.82) is 0 Å². The molecule has 5 atom stereocenters. The first kappa shape index (κ1) is 13.1. The molecule has 1 aliphatic carbocycles. The Hall–Kier alpha value is -0.890. The molecule has 0 spiro atoms. The van der Waals surface area contributed by atoms with Gasteiger partial charge >= 0.3 is 0 Å². The molecule has 3 rings (SSSR count). The van der Waals surface area contributed by atoms with E-state index in [4.69, 9.17) is 20.8 Å². The van der Waals surface area contributed by atoms with Gasteiger partial charge in [0.15, 0.2) is 5.79 Å². The highest BCUT2D eigenvalue weighted by molar-refractivity contribution is 5.26. The molecule has 4 heteroatoms. The van der Waals surface area contributed by atoms with E-state index in [1.807, 2.05) is 13.8 Å². The average molecular weight is 263 g/mol. The zero-order valence-corrected chi connectivity index (χ0v) is 11.8. The van der Waals surface area contributed by atoms with Crippen LogP contribution in [0.5, 0.6) is 0 Å². The summed E-state index contributed by atoms with van der Waals surface area (Å²) in [6.45, 7) is 18.0. The summed E-state index contributed by atoms with van der Waals surface area (Å²) < 4.78 is 17.4. The number of epoxide rings is 1. The second kappa shape index (κ2) is 3.82. The first-order chi connectivity index (χ1) is 8.84. The van der Waals surface area contributed by atoms with Crippen LogP contribution in [0.4, 0.5) is 0 Å². The zero-order valence-electron chi connectivity index (χ0n) is 11.8. The molecule has 2 saturated heterocycles. The predicted molar refractivity (Wildman–Crippen MR) is 70.4 cm³/mol. The number of nitrogens with zero attached hydrogens (tertiary/aromatic N) is 1. The topological polar surface area (TPSA) is 35.4 Å². The van der Waals surface area contributed by atoms with Gasteiger partial charge in [-0.15, -0.1) is 0 Å². The van der Waals surface area contributed by atoms with E-state index in [2.05, 4.69) is 18.3 Å². The highest BCUT2D eigenvalue weighted by Gasteiger charge is 2.68. The van der Waals surface area contributed by atoms with Crippen LogP contribution in [0.3, 0.4) is 0 Å². The zero-order chi connectivity index (χ0) is 13.9. The third-order valence-electron chi connectivity index (χ3n) is 4.86.